The molecular weight excluding hydrogens is 458 g/mol. The predicted octanol–water partition coefficient (Wildman–Crippen LogP) is 6.07. The van der Waals surface area contributed by atoms with E-state index in [9.17, 15) is 9.59 Å². The maximum atomic E-state index is 13.3. The first kappa shape index (κ1) is 23.6. The number of benzene rings is 1. The average Bonchev–Trinajstić information content (AvgIpc) is 3.11. The van der Waals surface area contributed by atoms with Crippen LogP contribution in [0.1, 0.15) is 54.8 Å². The summed E-state index contributed by atoms with van der Waals surface area (Å²) in [4.78, 5) is 28.2. The van der Waals surface area contributed by atoms with E-state index in [1.54, 1.807) is 23.5 Å². The molecule has 1 aromatic heterocycles. The molecule has 0 unspecified atom stereocenters. The Labute approximate surface area is 203 Å². The molecule has 4 rings (SSSR count). The van der Waals surface area contributed by atoms with Gasteiger partial charge in [-0.15, -0.1) is 11.3 Å². The number of allylic oxidation sites excluding steroid dienone is 3. The maximum Gasteiger partial charge on any atom is 0.336 e. The zero-order chi connectivity index (χ0) is 23.9. The van der Waals surface area contributed by atoms with Crippen LogP contribution in [0.3, 0.4) is 0 Å². The summed E-state index contributed by atoms with van der Waals surface area (Å²) in [5.41, 5.74) is 3.73. The van der Waals surface area contributed by atoms with Gasteiger partial charge in [-0.1, -0.05) is 25.4 Å². The van der Waals surface area contributed by atoms with Gasteiger partial charge in [0, 0.05) is 43.7 Å². The van der Waals surface area contributed by atoms with Gasteiger partial charge in [-0.3, -0.25) is 4.79 Å². The first-order chi connectivity index (χ1) is 15.6. The van der Waals surface area contributed by atoms with Crippen LogP contribution < -0.4 is 10.1 Å². The van der Waals surface area contributed by atoms with E-state index in [1.165, 1.54) is 7.11 Å². The number of methoxy groups -OCH3 is 1. The van der Waals surface area contributed by atoms with Crippen LogP contribution >= 0.6 is 22.9 Å². The highest BCUT2D eigenvalue weighted by molar-refractivity contribution is 7.12. The lowest BCUT2D eigenvalue weighted by molar-refractivity contribution is -0.136. The summed E-state index contributed by atoms with van der Waals surface area (Å²) in [6.07, 6.45) is 1.21. The number of dihydropyridines is 1. The zero-order valence-electron chi connectivity index (χ0n) is 19.5. The van der Waals surface area contributed by atoms with Gasteiger partial charge in [0.2, 0.25) is 0 Å². The van der Waals surface area contributed by atoms with Crippen molar-refractivity contribution < 1.29 is 19.1 Å². The summed E-state index contributed by atoms with van der Waals surface area (Å²) in [6.45, 7) is 8.49. The third kappa shape index (κ3) is 4.73. The van der Waals surface area contributed by atoms with Crippen LogP contribution in [0.4, 0.5) is 0 Å². The van der Waals surface area contributed by atoms with Crippen molar-refractivity contribution in [3.8, 4) is 5.75 Å². The molecule has 0 saturated carbocycles. The Balaban J connectivity index is 1.72. The van der Waals surface area contributed by atoms with Gasteiger partial charge in [-0.25, -0.2) is 4.79 Å². The number of thiophene rings is 1. The van der Waals surface area contributed by atoms with Gasteiger partial charge in [-0.05, 0) is 56.0 Å². The van der Waals surface area contributed by atoms with Crippen LogP contribution in [0.15, 0.2) is 52.9 Å². The largest absolute Gasteiger partial charge is 0.489 e. The van der Waals surface area contributed by atoms with Crippen molar-refractivity contribution in [3.63, 3.8) is 0 Å². The standard InChI is InChI=1S/C26H28ClNO4S/c1-14-22(25(30)31-5)24(23-19(28-14)11-26(3,4)12-20(23)29)21-10-16(15(2)33-21)13-32-18-8-6-17(27)7-9-18/h6-10,24,28H,11-13H2,1-5H3/t24-/m1/s1. The number of nitrogens with one attached hydrogen (secondary N) is 1. The fraction of sp³-hybridized carbons (Fsp3) is 0.385. The van der Waals surface area contributed by atoms with Crippen molar-refractivity contribution >= 4 is 34.7 Å². The second-order valence-corrected chi connectivity index (χ2v) is 11.1. The number of aryl methyl sites for hydroxylation is 1. The third-order valence-electron chi connectivity index (χ3n) is 6.18. The van der Waals surface area contributed by atoms with E-state index < -0.39 is 11.9 Å². The molecule has 7 heteroatoms. The van der Waals surface area contributed by atoms with Crippen molar-refractivity contribution in [1.82, 2.24) is 5.32 Å². The smallest absolute Gasteiger partial charge is 0.336 e. The lowest BCUT2D eigenvalue weighted by Crippen LogP contribution is -2.38. The fourth-order valence-electron chi connectivity index (χ4n) is 4.62. The number of carbonyl (C=O) groups is 2. The minimum atomic E-state index is -0.440. The van der Waals surface area contributed by atoms with Crippen LogP contribution in [0, 0.1) is 12.3 Å². The van der Waals surface area contributed by atoms with Gasteiger partial charge >= 0.3 is 5.97 Å². The molecule has 1 aromatic carbocycles. The number of hydrogen-bond donors (Lipinski definition) is 1. The highest BCUT2D eigenvalue weighted by atomic mass is 35.5. The molecular formula is C26H28ClNO4S. The molecule has 2 aliphatic rings. The third-order valence-corrected chi connectivity index (χ3v) is 7.59. The fourth-order valence-corrected chi connectivity index (χ4v) is 5.91. The molecule has 0 radical (unpaired) electrons. The topological polar surface area (TPSA) is 64.6 Å². The molecule has 5 nitrogen and oxygen atoms in total. The van der Waals surface area contributed by atoms with E-state index >= 15 is 0 Å². The summed E-state index contributed by atoms with van der Waals surface area (Å²) < 4.78 is 11.1. The van der Waals surface area contributed by atoms with E-state index in [0.29, 0.717) is 29.2 Å². The van der Waals surface area contributed by atoms with Crippen molar-refractivity contribution in [2.75, 3.05) is 7.11 Å². The summed E-state index contributed by atoms with van der Waals surface area (Å²) in [5.74, 6) is -0.0451. The summed E-state index contributed by atoms with van der Waals surface area (Å²) in [7, 11) is 1.38. The highest BCUT2D eigenvalue weighted by Crippen LogP contribution is 2.48. The van der Waals surface area contributed by atoms with Gasteiger partial charge in [0.25, 0.3) is 0 Å². The Morgan fingerprint density at radius 1 is 1.21 bits per heavy atom. The monoisotopic (exact) mass is 485 g/mol. The van der Waals surface area contributed by atoms with Crippen LogP contribution in [0.2, 0.25) is 5.02 Å². The van der Waals surface area contributed by atoms with Crippen molar-refractivity contribution in [3.05, 3.63) is 73.2 Å². The molecule has 0 amide bonds. The zero-order valence-corrected chi connectivity index (χ0v) is 21.1. The molecule has 1 atom stereocenters. The van der Waals surface area contributed by atoms with E-state index in [2.05, 4.69) is 25.2 Å². The van der Waals surface area contributed by atoms with Gasteiger partial charge in [-0.2, -0.15) is 0 Å². The number of esters is 1. The van der Waals surface area contributed by atoms with E-state index in [-0.39, 0.29) is 11.2 Å². The molecule has 174 valence electrons. The first-order valence-electron chi connectivity index (χ1n) is 10.9. The van der Waals surface area contributed by atoms with E-state index in [4.69, 9.17) is 21.1 Å². The summed E-state index contributed by atoms with van der Waals surface area (Å²) >= 11 is 7.55. The van der Waals surface area contributed by atoms with Gasteiger partial charge in [0.1, 0.15) is 12.4 Å². The van der Waals surface area contributed by atoms with Crippen LogP contribution in [-0.2, 0) is 20.9 Å². The summed E-state index contributed by atoms with van der Waals surface area (Å²) in [6, 6.07) is 9.30. The number of ether oxygens (including phenoxy) is 2. The number of halogens is 1. The molecule has 0 bridgehead atoms. The van der Waals surface area contributed by atoms with E-state index in [1.807, 2.05) is 26.0 Å². The van der Waals surface area contributed by atoms with Crippen molar-refractivity contribution in [2.45, 2.75) is 53.1 Å². The highest BCUT2D eigenvalue weighted by Gasteiger charge is 2.43. The molecule has 33 heavy (non-hydrogen) atoms. The average molecular weight is 486 g/mol. The number of rotatable bonds is 5. The maximum absolute atomic E-state index is 13.3. The van der Waals surface area contributed by atoms with Crippen molar-refractivity contribution in [1.29, 1.82) is 0 Å². The Morgan fingerprint density at radius 2 is 1.91 bits per heavy atom. The van der Waals surface area contributed by atoms with Gasteiger partial charge in [0.15, 0.2) is 5.78 Å². The molecule has 2 heterocycles. The minimum Gasteiger partial charge on any atom is -0.489 e. The predicted molar refractivity (Wildman–Crippen MR) is 130 cm³/mol. The lowest BCUT2D eigenvalue weighted by Gasteiger charge is -2.39. The normalized spacial score (nSPS) is 19.8. The molecule has 2 aromatic rings. The Morgan fingerprint density at radius 3 is 2.58 bits per heavy atom. The van der Waals surface area contributed by atoms with E-state index in [0.717, 1.165) is 38.9 Å². The quantitative estimate of drug-likeness (QED) is 0.521. The van der Waals surface area contributed by atoms with Crippen LogP contribution in [-0.4, -0.2) is 18.9 Å². The second-order valence-electron chi connectivity index (χ2n) is 9.39. The molecule has 0 saturated heterocycles. The first-order valence-corrected chi connectivity index (χ1v) is 12.1. The SMILES string of the molecule is COC(=O)C1=C(C)NC2=C(C(=O)CC(C)(C)C2)[C@@H]1c1cc(COc2ccc(Cl)cc2)c(C)s1. The molecule has 1 aliphatic heterocycles. The van der Waals surface area contributed by atoms with Gasteiger partial charge in [0.05, 0.1) is 18.6 Å². The number of carbonyl (C=O) groups excluding carboxylic acids is 2. The Bertz CT molecular complexity index is 1170. The minimum absolute atomic E-state index is 0.0812. The van der Waals surface area contributed by atoms with Crippen molar-refractivity contribution in [2.24, 2.45) is 5.41 Å². The number of ketones is 1. The Hall–Kier alpha value is -2.57. The van der Waals surface area contributed by atoms with Crippen LogP contribution in [0.5, 0.6) is 5.75 Å². The van der Waals surface area contributed by atoms with Crippen LogP contribution in [0.25, 0.3) is 0 Å². The van der Waals surface area contributed by atoms with Gasteiger partial charge < -0.3 is 14.8 Å². The lowest BCUT2D eigenvalue weighted by atomic mass is 9.70. The molecule has 1 aliphatic carbocycles. The number of hydrogen-bond acceptors (Lipinski definition) is 6. The molecule has 0 fully saturated rings. The second kappa shape index (κ2) is 8.99. The number of Topliss-reactive ketones (excluding diaryl/α,β-unsaturated/α-hetero) is 1. The molecule has 0 spiro atoms. The summed E-state index contributed by atoms with van der Waals surface area (Å²) in [5, 5.41) is 4.01. The Kier molecular flexibility index (Phi) is 6.43. The molecule has 1 N–H and O–H groups in total.